The summed E-state index contributed by atoms with van der Waals surface area (Å²) >= 11 is 0. The van der Waals surface area contributed by atoms with Crippen LogP contribution in [0.1, 0.15) is 30.9 Å². The van der Waals surface area contributed by atoms with Gasteiger partial charge in [0.25, 0.3) is 0 Å². The quantitative estimate of drug-likeness (QED) is 0.524. The van der Waals surface area contributed by atoms with Crippen molar-refractivity contribution in [2.24, 2.45) is 18.0 Å². The fourth-order valence-corrected chi connectivity index (χ4v) is 3.26. The van der Waals surface area contributed by atoms with E-state index >= 15 is 0 Å². The summed E-state index contributed by atoms with van der Waals surface area (Å²) in [6, 6.07) is 0. The van der Waals surface area contributed by atoms with Gasteiger partial charge in [0.1, 0.15) is 6.10 Å². The molecule has 1 aliphatic carbocycles. The number of hydrogen-bond acceptors (Lipinski definition) is 3. The van der Waals surface area contributed by atoms with Gasteiger partial charge in [0.2, 0.25) is 0 Å². The number of allylic oxidation sites excluding steroid dienone is 2. The molecule has 0 amide bonds. The molecule has 0 aromatic carbocycles. The molecule has 1 fully saturated rings. The minimum absolute atomic E-state index is 0.0635. The Morgan fingerprint density at radius 1 is 1.48 bits per heavy atom. The first-order chi connectivity index (χ1) is 11.3. The molecule has 3 rings (SSSR count). The third-order valence-electron chi connectivity index (χ3n) is 4.60. The van der Waals surface area contributed by atoms with Crippen molar-refractivity contribution in [2.75, 3.05) is 33.3 Å². The largest absolute Gasteiger partial charge is 0.370 e. The Balaban J connectivity index is 1.56. The van der Waals surface area contributed by atoms with Gasteiger partial charge in [-0.2, -0.15) is 5.10 Å². The van der Waals surface area contributed by atoms with Gasteiger partial charge in [0.15, 0.2) is 5.96 Å². The number of hydrogen-bond donors (Lipinski definition) is 1. The number of guanidine groups is 1. The Hall–Kier alpha value is -1.82. The van der Waals surface area contributed by atoms with E-state index in [4.69, 9.17) is 4.74 Å². The number of rotatable bonds is 3. The zero-order valence-electron chi connectivity index (χ0n) is 14.1. The van der Waals surface area contributed by atoms with Crippen molar-refractivity contribution in [3.05, 3.63) is 30.1 Å². The summed E-state index contributed by atoms with van der Waals surface area (Å²) in [7, 11) is 3.79. The molecule has 6 nitrogen and oxygen atoms in total. The SMILES string of the molecule is CN=C(NCC1CC=CCC1)N1CCOC(c2cnn(C)c2)C1. The van der Waals surface area contributed by atoms with Crippen molar-refractivity contribution in [3.8, 4) is 0 Å². The summed E-state index contributed by atoms with van der Waals surface area (Å²) in [5, 5.41) is 7.80. The van der Waals surface area contributed by atoms with E-state index in [0.29, 0.717) is 12.5 Å². The highest BCUT2D eigenvalue weighted by Crippen LogP contribution is 2.22. The average Bonchev–Trinajstić information content (AvgIpc) is 3.03. The monoisotopic (exact) mass is 317 g/mol. The van der Waals surface area contributed by atoms with Crippen molar-refractivity contribution >= 4 is 5.96 Å². The number of aliphatic imine (C=N–C) groups is 1. The van der Waals surface area contributed by atoms with Crippen LogP contribution in [0.2, 0.25) is 0 Å². The molecule has 0 spiro atoms. The van der Waals surface area contributed by atoms with Crippen LogP contribution < -0.4 is 5.32 Å². The maximum absolute atomic E-state index is 5.91. The number of morpholine rings is 1. The summed E-state index contributed by atoms with van der Waals surface area (Å²) in [4.78, 5) is 6.76. The van der Waals surface area contributed by atoms with E-state index in [-0.39, 0.29) is 6.10 Å². The van der Waals surface area contributed by atoms with Crippen LogP contribution in [-0.4, -0.2) is 53.9 Å². The lowest BCUT2D eigenvalue weighted by atomic mass is 9.94. The molecule has 1 aromatic rings. The van der Waals surface area contributed by atoms with Crippen molar-refractivity contribution in [3.63, 3.8) is 0 Å². The van der Waals surface area contributed by atoms with E-state index in [1.165, 1.54) is 19.3 Å². The predicted molar refractivity (Wildman–Crippen MR) is 91.3 cm³/mol. The molecule has 23 heavy (non-hydrogen) atoms. The molecule has 2 unspecified atom stereocenters. The summed E-state index contributed by atoms with van der Waals surface area (Å²) in [6.45, 7) is 3.40. The van der Waals surface area contributed by atoms with Gasteiger partial charge in [-0.15, -0.1) is 0 Å². The van der Waals surface area contributed by atoms with Crippen LogP contribution in [0.5, 0.6) is 0 Å². The van der Waals surface area contributed by atoms with E-state index in [2.05, 4.69) is 32.5 Å². The molecular formula is C17H27N5O. The standard InChI is InChI=1S/C17H27N5O/c1-18-17(19-10-14-6-4-3-5-7-14)22-8-9-23-16(13-22)15-11-20-21(2)12-15/h3-4,11-12,14,16H,5-10,13H2,1-2H3,(H,18,19). The Kier molecular flexibility index (Phi) is 5.33. The fourth-order valence-electron chi connectivity index (χ4n) is 3.26. The molecule has 0 radical (unpaired) electrons. The second-order valence-electron chi connectivity index (χ2n) is 6.33. The first-order valence-corrected chi connectivity index (χ1v) is 8.47. The zero-order chi connectivity index (χ0) is 16.1. The minimum atomic E-state index is 0.0635. The predicted octanol–water partition coefficient (Wildman–Crippen LogP) is 1.73. The van der Waals surface area contributed by atoms with Gasteiger partial charge >= 0.3 is 0 Å². The number of aromatic nitrogens is 2. The average molecular weight is 317 g/mol. The highest BCUT2D eigenvalue weighted by molar-refractivity contribution is 5.80. The maximum atomic E-state index is 5.91. The molecule has 1 saturated heterocycles. The molecule has 6 heteroatoms. The summed E-state index contributed by atoms with van der Waals surface area (Å²) < 4.78 is 7.73. The molecule has 1 N–H and O–H groups in total. The Morgan fingerprint density at radius 2 is 2.39 bits per heavy atom. The van der Waals surface area contributed by atoms with E-state index in [9.17, 15) is 0 Å². The van der Waals surface area contributed by atoms with Crippen LogP contribution in [0.3, 0.4) is 0 Å². The summed E-state index contributed by atoms with van der Waals surface area (Å²) in [5.41, 5.74) is 1.13. The molecule has 0 bridgehead atoms. The van der Waals surface area contributed by atoms with Crippen LogP contribution >= 0.6 is 0 Å². The van der Waals surface area contributed by atoms with Crippen LogP contribution in [0, 0.1) is 5.92 Å². The van der Waals surface area contributed by atoms with E-state index in [1.807, 2.05) is 31.2 Å². The second-order valence-corrected chi connectivity index (χ2v) is 6.33. The molecule has 1 aromatic heterocycles. The normalized spacial score (nSPS) is 25.7. The van der Waals surface area contributed by atoms with Crippen molar-refractivity contribution in [1.29, 1.82) is 0 Å². The van der Waals surface area contributed by atoms with Crippen LogP contribution in [0.15, 0.2) is 29.5 Å². The van der Waals surface area contributed by atoms with Crippen molar-refractivity contribution in [1.82, 2.24) is 20.0 Å². The molecular weight excluding hydrogens is 290 g/mol. The van der Waals surface area contributed by atoms with Gasteiger partial charge in [-0.1, -0.05) is 12.2 Å². The number of ether oxygens (including phenoxy) is 1. The first-order valence-electron chi connectivity index (χ1n) is 8.47. The van der Waals surface area contributed by atoms with Crippen molar-refractivity contribution < 1.29 is 4.74 Å². The number of aryl methyl sites for hydroxylation is 1. The lowest BCUT2D eigenvalue weighted by molar-refractivity contribution is -0.00808. The van der Waals surface area contributed by atoms with Crippen LogP contribution in [0.4, 0.5) is 0 Å². The third-order valence-corrected chi connectivity index (χ3v) is 4.60. The lowest BCUT2D eigenvalue weighted by Gasteiger charge is -2.35. The highest BCUT2D eigenvalue weighted by Gasteiger charge is 2.25. The molecule has 1 aliphatic heterocycles. The smallest absolute Gasteiger partial charge is 0.193 e. The van der Waals surface area contributed by atoms with E-state index in [1.54, 1.807) is 0 Å². The fraction of sp³-hybridized carbons (Fsp3) is 0.647. The molecule has 2 aliphatic rings. The molecule has 2 atom stereocenters. The number of nitrogens with zero attached hydrogens (tertiary/aromatic N) is 4. The first kappa shape index (κ1) is 16.1. The van der Waals surface area contributed by atoms with Gasteiger partial charge in [-0.25, -0.2) is 0 Å². The number of nitrogens with one attached hydrogen (secondary N) is 1. The van der Waals surface area contributed by atoms with Gasteiger partial charge < -0.3 is 15.0 Å². The van der Waals surface area contributed by atoms with Crippen molar-refractivity contribution in [2.45, 2.75) is 25.4 Å². The molecule has 126 valence electrons. The zero-order valence-corrected chi connectivity index (χ0v) is 14.1. The summed E-state index contributed by atoms with van der Waals surface area (Å²) in [6.07, 6.45) is 12.2. The molecule has 0 saturated carbocycles. The third kappa shape index (κ3) is 4.13. The maximum Gasteiger partial charge on any atom is 0.193 e. The van der Waals surface area contributed by atoms with Gasteiger partial charge in [-0.3, -0.25) is 9.67 Å². The Labute approximate surface area is 138 Å². The summed E-state index contributed by atoms with van der Waals surface area (Å²) in [5.74, 6) is 1.70. The van der Waals surface area contributed by atoms with Crippen LogP contribution in [0.25, 0.3) is 0 Å². The second kappa shape index (κ2) is 7.64. The Morgan fingerprint density at radius 3 is 3.09 bits per heavy atom. The minimum Gasteiger partial charge on any atom is -0.370 e. The van der Waals surface area contributed by atoms with Gasteiger partial charge in [0, 0.05) is 38.9 Å². The Bertz CT molecular complexity index is 565. The topological polar surface area (TPSA) is 54.7 Å². The van der Waals surface area contributed by atoms with E-state index < -0.39 is 0 Å². The highest BCUT2D eigenvalue weighted by atomic mass is 16.5. The lowest BCUT2D eigenvalue weighted by Crippen LogP contribution is -2.49. The molecule has 2 heterocycles. The van der Waals surface area contributed by atoms with E-state index in [0.717, 1.165) is 31.2 Å². The van der Waals surface area contributed by atoms with Gasteiger partial charge in [0.05, 0.1) is 19.3 Å². The van der Waals surface area contributed by atoms with Crippen LogP contribution in [-0.2, 0) is 11.8 Å². The van der Waals surface area contributed by atoms with Gasteiger partial charge in [-0.05, 0) is 25.2 Å².